The van der Waals surface area contributed by atoms with Gasteiger partial charge in [-0.3, -0.25) is 4.79 Å². The molecule has 18 heavy (non-hydrogen) atoms. The van der Waals surface area contributed by atoms with E-state index in [9.17, 15) is 4.79 Å². The molecule has 0 aliphatic rings. The van der Waals surface area contributed by atoms with Crippen LogP contribution in [0.1, 0.15) is 31.1 Å². The zero-order valence-corrected chi connectivity index (χ0v) is 11.2. The van der Waals surface area contributed by atoms with Crippen molar-refractivity contribution in [2.24, 2.45) is 0 Å². The second-order valence-electron chi connectivity index (χ2n) is 5.15. The quantitative estimate of drug-likeness (QED) is 0.821. The van der Waals surface area contributed by atoms with Gasteiger partial charge in [0.05, 0.1) is 6.04 Å². The van der Waals surface area contributed by atoms with Crippen molar-refractivity contribution in [2.75, 3.05) is 0 Å². The lowest BCUT2D eigenvalue weighted by Gasteiger charge is -2.12. The summed E-state index contributed by atoms with van der Waals surface area (Å²) in [6.07, 6.45) is 0. The molecular formula is C16H20NO+. The van der Waals surface area contributed by atoms with Gasteiger partial charge in [0.2, 0.25) is 5.78 Å². The van der Waals surface area contributed by atoms with Crippen LogP contribution in [0.2, 0.25) is 0 Å². The maximum atomic E-state index is 12.3. The summed E-state index contributed by atoms with van der Waals surface area (Å²) in [7, 11) is 0. The largest absolute Gasteiger partial charge is 0.336 e. The highest BCUT2D eigenvalue weighted by Crippen LogP contribution is 2.16. The Bertz CT molecular complexity index is 560. The van der Waals surface area contributed by atoms with Gasteiger partial charge in [0.15, 0.2) is 0 Å². The Morgan fingerprint density at radius 3 is 2.33 bits per heavy atom. The van der Waals surface area contributed by atoms with Gasteiger partial charge in [0, 0.05) is 5.56 Å². The van der Waals surface area contributed by atoms with E-state index in [4.69, 9.17) is 0 Å². The van der Waals surface area contributed by atoms with Crippen molar-refractivity contribution < 1.29 is 10.1 Å². The molecule has 0 saturated heterocycles. The fraction of sp³-hybridized carbons (Fsp3) is 0.312. The standard InChI is InChI=1S/C16H19NO/c1-11(2)17-12(3)16(18)15-9-8-13-6-4-5-7-14(13)10-15/h4-12,17H,1-3H3/p+1/t12-/m1/s1. The van der Waals surface area contributed by atoms with Crippen molar-refractivity contribution in [1.29, 1.82) is 0 Å². The molecule has 0 unspecified atom stereocenters. The molecule has 0 fully saturated rings. The Balaban J connectivity index is 2.28. The minimum Gasteiger partial charge on any atom is -0.336 e. The van der Waals surface area contributed by atoms with Crippen LogP contribution in [-0.2, 0) is 0 Å². The third kappa shape index (κ3) is 2.77. The van der Waals surface area contributed by atoms with E-state index in [1.54, 1.807) is 0 Å². The molecule has 0 spiro atoms. The van der Waals surface area contributed by atoms with Crippen molar-refractivity contribution in [3.8, 4) is 0 Å². The van der Waals surface area contributed by atoms with Crippen molar-refractivity contribution in [1.82, 2.24) is 0 Å². The van der Waals surface area contributed by atoms with E-state index in [2.05, 4.69) is 25.2 Å². The molecule has 0 radical (unpaired) electrons. The van der Waals surface area contributed by atoms with Crippen molar-refractivity contribution in [3.63, 3.8) is 0 Å². The van der Waals surface area contributed by atoms with E-state index >= 15 is 0 Å². The number of ketones is 1. The maximum Gasteiger partial charge on any atom is 0.219 e. The van der Waals surface area contributed by atoms with Gasteiger partial charge in [-0.25, -0.2) is 0 Å². The third-order valence-electron chi connectivity index (χ3n) is 3.12. The van der Waals surface area contributed by atoms with E-state index < -0.39 is 0 Å². The summed E-state index contributed by atoms with van der Waals surface area (Å²) in [6.45, 7) is 6.17. The lowest BCUT2D eigenvalue weighted by Crippen LogP contribution is -2.94. The van der Waals surface area contributed by atoms with E-state index in [1.807, 2.05) is 43.3 Å². The predicted octanol–water partition coefficient (Wildman–Crippen LogP) is 2.38. The summed E-state index contributed by atoms with van der Waals surface area (Å²) >= 11 is 0. The molecule has 1 atom stereocenters. The van der Waals surface area contributed by atoms with Crippen LogP contribution in [-0.4, -0.2) is 17.9 Å². The second-order valence-corrected chi connectivity index (χ2v) is 5.15. The normalized spacial score (nSPS) is 12.9. The zero-order chi connectivity index (χ0) is 13.1. The molecular weight excluding hydrogens is 222 g/mol. The number of carbonyl (C=O) groups is 1. The van der Waals surface area contributed by atoms with Gasteiger partial charge >= 0.3 is 0 Å². The van der Waals surface area contributed by atoms with Crippen LogP contribution in [0.4, 0.5) is 0 Å². The first-order valence-corrected chi connectivity index (χ1v) is 6.46. The molecule has 0 amide bonds. The topological polar surface area (TPSA) is 33.7 Å². The monoisotopic (exact) mass is 242 g/mol. The van der Waals surface area contributed by atoms with Crippen LogP contribution < -0.4 is 5.32 Å². The minimum absolute atomic E-state index is 0.0221. The van der Waals surface area contributed by atoms with Gasteiger partial charge in [-0.15, -0.1) is 0 Å². The van der Waals surface area contributed by atoms with Crippen LogP contribution >= 0.6 is 0 Å². The van der Waals surface area contributed by atoms with Crippen LogP contribution in [0, 0.1) is 0 Å². The Morgan fingerprint density at radius 1 is 1.00 bits per heavy atom. The number of hydrogen-bond acceptors (Lipinski definition) is 1. The molecule has 0 aliphatic heterocycles. The molecule has 2 rings (SSSR count). The van der Waals surface area contributed by atoms with Gasteiger partial charge in [-0.2, -0.15) is 0 Å². The number of carbonyl (C=O) groups excluding carboxylic acids is 1. The van der Waals surface area contributed by atoms with Gasteiger partial charge in [-0.1, -0.05) is 36.4 Å². The lowest BCUT2D eigenvalue weighted by molar-refractivity contribution is -0.699. The first-order valence-electron chi connectivity index (χ1n) is 6.46. The molecule has 0 bridgehead atoms. The average Bonchev–Trinajstić information content (AvgIpc) is 2.36. The average molecular weight is 242 g/mol. The molecule has 2 aromatic carbocycles. The van der Waals surface area contributed by atoms with Crippen LogP contribution in [0.3, 0.4) is 0 Å². The summed E-state index contributed by atoms with van der Waals surface area (Å²) in [5.74, 6) is 0.203. The molecule has 0 aliphatic carbocycles. The van der Waals surface area contributed by atoms with E-state index in [-0.39, 0.29) is 11.8 Å². The molecule has 2 nitrogen and oxygen atoms in total. The summed E-state index contributed by atoms with van der Waals surface area (Å²) < 4.78 is 0. The van der Waals surface area contributed by atoms with Crippen LogP contribution in [0.5, 0.6) is 0 Å². The highest BCUT2D eigenvalue weighted by molar-refractivity contribution is 6.02. The lowest BCUT2D eigenvalue weighted by atomic mass is 10.0. The third-order valence-corrected chi connectivity index (χ3v) is 3.12. The first-order chi connectivity index (χ1) is 8.58. The summed E-state index contributed by atoms with van der Waals surface area (Å²) in [6, 6.07) is 14.5. The highest BCUT2D eigenvalue weighted by atomic mass is 16.1. The van der Waals surface area contributed by atoms with Gasteiger partial charge < -0.3 is 5.32 Å². The number of Topliss-reactive ketones (excluding diaryl/α,β-unsaturated/α-hetero) is 1. The molecule has 2 aromatic rings. The summed E-state index contributed by atoms with van der Waals surface area (Å²) in [4.78, 5) is 12.3. The Morgan fingerprint density at radius 2 is 1.67 bits per heavy atom. The van der Waals surface area contributed by atoms with Gasteiger partial charge in [-0.05, 0) is 37.6 Å². The van der Waals surface area contributed by atoms with Crippen molar-refractivity contribution >= 4 is 16.6 Å². The molecule has 2 N–H and O–H groups in total. The first kappa shape index (κ1) is 12.8. The Labute approximate surface area is 108 Å². The fourth-order valence-corrected chi connectivity index (χ4v) is 2.27. The van der Waals surface area contributed by atoms with Crippen molar-refractivity contribution in [3.05, 3.63) is 48.0 Å². The number of rotatable bonds is 4. The van der Waals surface area contributed by atoms with E-state index in [0.29, 0.717) is 6.04 Å². The molecule has 0 aromatic heterocycles. The predicted molar refractivity (Wildman–Crippen MR) is 74.8 cm³/mol. The fourth-order valence-electron chi connectivity index (χ4n) is 2.27. The van der Waals surface area contributed by atoms with E-state index in [1.165, 1.54) is 5.39 Å². The smallest absolute Gasteiger partial charge is 0.219 e. The molecule has 2 heteroatoms. The summed E-state index contributed by atoms with van der Waals surface area (Å²) in [5, 5.41) is 4.40. The van der Waals surface area contributed by atoms with Crippen LogP contribution in [0.25, 0.3) is 10.8 Å². The number of benzene rings is 2. The van der Waals surface area contributed by atoms with E-state index in [0.717, 1.165) is 10.9 Å². The molecule has 94 valence electrons. The zero-order valence-electron chi connectivity index (χ0n) is 11.2. The summed E-state index contributed by atoms with van der Waals surface area (Å²) in [5.41, 5.74) is 0.804. The maximum absolute atomic E-state index is 12.3. The number of fused-ring (bicyclic) bond motifs is 1. The number of quaternary nitrogens is 1. The minimum atomic E-state index is -0.0221. The Hall–Kier alpha value is -1.67. The second kappa shape index (κ2) is 5.32. The van der Waals surface area contributed by atoms with Crippen molar-refractivity contribution in [2.45, 2.75) is 32.9 Å². The van der Waals surface area contributed by atoms with Gasteiger partial charge in [0.25, 0.3) is 0 Å². The van der Waals surface area contributed by atoms with Crippen LogP contribution in [0.15, 0.2) is 42.5 Å². The van der Waals surface area contributed by atoms with Gasteiger partial charge in [0.1, 0.15) is 6.04 Å². The SMILES string of the molecule is CC(C)[NH2+][C@H](C)C(=O)c1ccc2ccccc2c1. The number of nitrogens with two attached hydrogens (primary N) is 1. The number of hydrogen-bond donors (Lipinski definition) is 1. The molecule has 0 heterocycles. The Kier molecular flexibility index (Phi) is 3.78. The highest BCUT2D eigenvalue weighted by Gasteiger charge is 2.19. The molecule has 0 saturated carbocycles.